The summed E-state index contributed by atoms with van der Waals surface area (Å²) in [6, 6.07) is 7.51. The Kier molecular flexibility index (Phi) is 7.39. The summed E-state index contributed by atoms with van der Waals surface area (Å²) < 4.78 is 0.981. The fourth-order valence-electron chi connectivity index (χ4n) is 2.23. The summed E-state index contributed by atoms with van der Waals surface area (Å²) in [7, 11) is 3.68. The Bertz CT molecular complexity index is 729. The van der Waals surface area contributed by atoms with Crippen molar-refractivity contribution in [1.82, 2.24) is 15.2 Å². The molecule has 0 saturated heterocycles. The van der Waals surface area contributed by atoms with Crippen LogP contribution in [0.3, 0.4) is 0 Å². The lowest BCUT2D eigenvalue weighted by Crippen LogP contribution is -2.39. The summed E-state index contributed by atoms with van der Waals surface area (Å²) in [6.45, 7) is 3.18. The first kappa shape index (κ1) is 19.4. The molecule has 2 rings (SSSR count). The number of benzene rings is 1. The number of rotatable bonds is 6. The fraction of sp³-hybridized carbons (Fsp3) is 0.353. The molecule has 25 heavy (non-hydrogen) atoms. The van der Waals surface area contributed by atoms with Gasteiger partial charge in [0.25, 0.3) is 0 Å². The lowest BCUT2D eigenvalue weighted by Gasteiger charge is -2.21. The fourth-order valence-corrected chi connectivity index (χ4v) is 3.10. The third-order valence-corrected chi connectivity index (χ3v) is 4.75. The van der Waals surface area contributed by atoms with Gasteiger partial charge in [-0.3, -0.25) is 9.79 Å². The van der Waals surface area contributed by atoms with Gasteiger partial charge in [-0.15, -0.1) is 11.3 Å². The monoisotopic (exact) mass is 423 g/mol. The topological polar surface area (TPSA) is 69.6 Å². The minimum atomic E-state index is -0.0388. The molecule has 6 nitrogen and oxygen atoms in total. The van der Waals surface area contributed by atoms with Crippen molar-refractivity contribution >= 4 is 44.8 Å². The molecular formula is C17H22BrN5OS. The van der Waals surface area contributed by atoms with E-state index in [2.05, 4.69) is 36.5 Å². The Labute approximate surface area is 160 Å². The van der Waals surface area contributed by atoms with E-state index in [1.54, 1.807) is 18.4 Å². The van der Waals surface area contributed by atoms with Crippen LogP contribution in [0.25, 0.3) is 0 Å². The van der Waals surface area contributed by atoms with Crippen molar-refractivity contribution in [2.75, 3.05) is 26.0 Å². The highest BCUT2D eigenvalue weighted by Crippen LogP contribution is 2.14. The minimum absolute atomic E-state index is 0.0388. The van der Waals surface area contributed by atoms with Crippen LogP contribution in [0.1, 0.15) is 17.1 Å². The standard InChI is InChI=1S/C17H22BrN5OS/c1-12-21-15(11-25-12)10-23(3)17(19-2)20-9-8-16(24)22-14-6-4-13(18)5-7-14/h4-7,11H,8-10H2,1-3H3,(H,19,20)(H,22,24). The molecule has 134 valence electrons. The van der Waals surface area contributed by atoms with Gasteiger partial charge in [0.2, 0.25) is 5.91 Å². The predicted molar refractivity (Wildman–Crippen MR) is 107 cm³/mol. The Morgan fingerprint density at radius 2 is 2.08 bits per heavy atom. The molecule has 0 unspecified atom stereocenters. The van der Waals surface area contributed by atoms with Crippen molar-refractivity contribution in [2.24, 2.45) is 4.99 Å². The van der Waals surface area contributed by atoms with Crippen molar-refractivity contribution in [3.63, 3.8) is 0 Å². The number of amides is 1. The van der Waals surface area contributed by atoms with Crippen LogP contribution in [-0.4, -0.2) is 42.4 Å². The Hall–Kier alpha value is -1.93. The van der Waals surface area contributed by atoms with E-state index in [-0.39, 0.29) is 5.91 Å². The smallest absolute Gasteiger partial charge is 0.226 e. The number of carbonyl (C=O) groups excluding carboxylic acids is 1. The van der Waals surface area contributed by atoms with Gasteiger partial charge in [0.05, 0.1) is 17.2 Å². The number of carbonyl (C=O) groups is 1. The molecule has 0 aliphatic heterocycles. The van der Waals surface area contributed by atoms with Gasteiger partial charge in [-0.1, -0.05) is 15.9 Å². The third kappa shape index (κ3) is 6.47. The van der Waals surface area contributed by atoms with E-state index in [0.29, 0.717) is 19.5 Å². The van der Waals surface area contributed by atoms with Crippen molar-refractivity contribution in [2.45, 2.75) is 19.9 Å². The normalized spacial score (nSPS) is 11.3. The van der Waals surface area contributed by atoms with Gasteiger partial charge in [-0.25, -0.2) is 4.98 Å². The zero-order chi connectivity index (χ0) is 18.2. The number of thiazole rings is 1. The van der Waals surface area contributed by atoms with E-state index in [1.165, 1.54) is 0 Å². The van der Waals surface area contributed by atoms with E-state index in [9.17, 15) is 4.79 Å². The molecule has 0 spiro atoms. The van der Waals surface area contributed by atoms with Crippen LogP contribution in [0.5, 0.6) is 0 Å². The van der Waals surface area contributed by atoms with Crippen LogP contribution in [0.15, 0.2) is 39.1 Å². The van der Waals surface area contributed by atoms with E-state index in [1.807, 2.05) is 48.5 Å². The number of hydrogen-bond donors (Lipinski definition) is 2. The maximum absolute atomic E-state index is 12.0. The van der Waals surface area contributed by atoms with Crippen LogP contribution >= 0.6 is 27.3 Å². The molecule has 0 saturated carbocycles. The van der Waals surface area contributed by atoms with Crippen LogP contribution < -0.4 is 10.6 Å². The molecule has 1 aromatic carbocycles. The molecule has 2 N–H and O–H groups in total. The maximum atomic E-state index is 12.0. The molecule has 0 atom stereocenters. The molecule has 0 fully saturated rings. The Morgan fingerprint density at radius 3 is 2.68 bits per heavy atom. The first-order valence-electron chi connectivity index (χ1n) is 7.86. The zero-order valence-electron chi connectivity index (χ0n) is 14.5. The summed E-state index contributed by atoms with van der Waals surface area (Å²) in [5.41, 5.74) is 1.80. The zero-order valence-corrected chi connectivity index (χ0v) is 16.9. The molecule has 2 aromatic rings. The number of aromatic nitrogens is 1. The summed E-state index contributed by atoms with van der Waals surface area (Å²) in [4.78, 5) is 22.7. The van der Waals surface area contributed by atoms with Crippen molar-refractivity contribution in [3.8, 4) is 0 Å². The van der Waals surface area contributed by atoms with E-state index >= 15 is 0 Å². The average Bonchev–Trinajstić information content (AvgIpc) is 2.98. The van der Waals surface area contributed by atoms with Gasteiger partial charge >= 0.3 is 0 Å². The third-order valence-electron chi connectivity index (χ3n) is 3.40. The maximum Gasteiger partial charge on any atom is 0.226 e. The second-order valence-electron chi connectivity index (χ2n) is 5.49. The molecule has 0 aliphatic rings. The van der Waals surface area contributed by atoms with E-state index in [0.717, 1.165) is 26.8 Å². The number of hydrogen-bond acceptors (Lipinski definition) is 4. The van der Waals surface area contributed by atoms with Gasteiger partial charge in [0.15, 0.2) is 5.96 Å². The summed E-state index contributed by atoms with van der Waals surface area (Å²) in [5.74, 6) is 0.699. The SMILES string of the molecule is CN=C(NCCC(=O)Nc1ccc(Br)cc1)N(C)Cc1csc(C)n1. The lowest BCUT2D eigenvalue weighted by atomic mass is 10.3. The summed E-state index contributed by atoms with van der Waals surface area (Å²) in [5, 5.41) is 9.17. The lowest BCUT2D eigenvalue weighted by molar-refractivity contribution is -0.116. The first-order valence-corrected chi connectivity index (χ1v) is 9.53. The molecule has 0 aliphatic carbocycles. The summed E-state index contributed by atoms with van der Waals surface area (Å²) in [6.07, 6.45) is 0.360. The average molecular weight is 424 g/mol. The Morgan fingerprint density at radius 1 is 1.36 bits per heavy atom. The van der Waals surface area contributed by atoms with Gasteiger partial charge in [0, 0.05) is 42.6 Å². The molecule has 0 bridgehead atoms. The number of aliphatic imine (C=N–C) groups is 1. The summed E-state index contributed by atoms with van der Waals surface area (Å²) >= 11 is 5.01. The Balaban J connectivity index is 1.76. The highest BCUT2D eigenvalue weighted by atomic mass is 79.9. The molecule has 1 aromatic heterocycles. The minimum Gasteiger partial charge on any atom is -0.356 e. The predicted octanol–water partition coefficient (Wildman–Crippen LogP) is 3.25. The van der Waals surface area contributed by atoms with Gasteiger partial charge in [-0.05, 0) is 31.2 Å². The van der Waals surface area contributed by atoms with E-state index < -0.39 is 0 Å². The quantitative estimate of drug-likeness (QED) is 0.552. The largest absolute Gasteiger partial charge is 0.356 e. The van der Waals surface area contributed by atoms with Gasteiger partial charge in [0.1, 0.15) is 0 Å². The van der Waals surface area contributed by atoms with Crippen LogP contribution in [0.2, 0.25) is 0 Å². The number of halogens is 1. The van der Waals surface area contributed by atoms with Gasteiger partial charge < -0.3 is 15.5 Å². The van der Waals surface area contributed by atoms with Crippen LogP contribution in [0.4, 0.5) is 5.69 Å². The van der Waals surface area contributed by atoms with Gasteiger partial charge in [-0.2, -0.15) is 0 Å². The molecule has 0 radical (unpaired) electrons. The molecule has 1 heterocycles. The number of guanidine groups is 1. The number of aryl methyl sites for hydroxylation is 1. The first-order chi connectivity index (χ1) is 12.0. The van der Waals surface area contributed by atoms with Crippen LogP contribution in [0, 0.1) is 6.92 Å². The highest BCUT2D eigenvalue weighted by Gasteiger charge is 2.09. The highest BCUT2D eigenvalue weighted by molar-refractivity contribution is 9.10. The van der Waals surface area contributed by atoms with Crippen molar-refractivity contribution in [3.05, 3.63) is 44.8 Å². The second-order valence-corrected chi connectivity index (χ2v) is 7.47. The second kappa shape index (κ2) is 9.53. The number of nitrogens with zero attached hydrogens (tertiary/aromatic N) is 3. The van der Waals surface area contributed by atoms with E-state index in [4.69, 9.17) is 0 Å². The molecular weight excluding hydrogens is 402 g/mol. The van der Waals surface area contributed by atoms with Crippen LogP contribution in [-0.2, 0) is 11.3 Å². The number of nitrogens with one attached hydrogen (secondary N) is 2. The number of anilines is 1. The van der Waals surface area contributed by atoms with Crippen molar-refractivity contribution in [1.29, 1.82) is 0 Å². The molecule has 1 amide bonds. The molecule has 8 heteroatoms. The van der Waals surface area contributed by atoms with Crippen molar-refractivity contribution < 1.29 is 4.79 Å².